The summed E-state index contributed by atoms with van der Waals surface area (Å²) in [6, 6.07) is 4.46. The van der Waals surface area contributed by atoms with Gasteiger partial charge in [-0.1, -0.05) is 6.07 Å². The molecule has 0 bridgehead atoms. The van der Waals surface area contributed by atoms with Crippen molar-refractivity contribution in [3.05, 3.63) is 23.8 Å². The first-order valence-electron chi connectivity index (χ1n) is 4.62. The summed E-state index contributed by atoms with van der Waals surface area (Å²) < 4.78 is 0. The van der Waals surface area contributed by atoms with Crippen molar-refractivity contribution in [1.82, 2.24) is 5.32 Å². The van der Waals surface area contributed by atoms with Crippen LogP contribution in [0.15, 0.2) is 18.2 Å². The predicted molar refractivity (Wildman–Crippen MR) is 51.1 cm³/mol. The molecule has 1 aromatic rings. The fraction of sp³-hybridized carbons (Fsp3) is 0.400. The minimum atomic E-state index is -0.418. The third kappa shape index (κ3) is 1.54. The molecule has 0 aromatic heterocycles. The van der Waals surface area contributed by atoms with Gasteiger partial charge in [0.25, 0.3) is 0 Å². The van der Waals surface area contributed by atoms with Gasteiger partial charge in [-0.05, 0) is 30.7 Å². The lowest BCUT2D eigenvalue weighted by molar-refractivity contribution is 0.160. The number of benzene rings is 1. The first-order valence-corrected chi connectivity index (χ1v) is 4.62. The SMILES string of the molecule is Oc1ccc(C2NCCC2O)cc1O. The fourth-order valence-corrected chi connectivity index (χ4v) is 1.76. The van der Waals surface area contributed by atoms with Gasteiger partial charge in [0.05, 0.1) is 12.1 Å². The maximum atomic E-state index is 9.60. The number of aromatic hydroxyl groups is 2. The zero-order valence-electron chi connectivity index (χ0n) is 7.64. The van der Waals surface area contributed by atoms with Crippen molar-refractivity contribution in [3.63, 3.8) is 0 Å². The van der Waals surface area contributed by atoms with Crippen molar-refractivity contribution < 1.29 is 15.3 Å². The van der Waals surface area contributed by atoms with Crippen molar-refractivity contribution in [2.24, 2.45) is 0 Å². The van der Waals surface area contributed by atoms with Gasteiger partial charge >= 0.3 is 0 Å². The third-order valence-electron chi connectivity index (χ3n) is 2.55. The van der Waals surface area contributed by atoms with Crippen LogP contribution in [0.4, 0.5) is 0 Å². The lowest BCUT2D eigenvalue weighted by Crippen LogP contribution is -2.20. The summed E-state index contributed by atoms with van der Waals surface area (Å²) >= 11 is 0. The van der Waals surface area contributed by atoms with Crippen molar-refractivity contribution >= 4 is 0 Å². The number of nitrogens with one attached hydrogen (secondary N) is 1. The second kappa shape index (κ2) is 3.48. The number of aliphatic hydroxyl groups is 1. The van der Waals surface area contributed by atoms with Crippen LogP contribution < -0.4 is 5.32 Å². The van der Waals surface area contributed by atoms with E-state index in [2.05, 4.69) is 5.32 Å². The van der Waals surface area contributed by atoms with E-state index in [4.69, 9.17) is 5.11 Å². The van der Waals surface area contributed by atoms with Crippen molar-refractivity contribution in [2.75, 3.05) is 6.54 Å². The van der Waals surface area contributed by atoms with Crippen LogP contribution >= 0.6 is 0 Å². The Labute approximate surface area is 81.8 Å². The number of hydrogen-bond acceptors (Lipinski definition) is 4. The van der Waals surface area contributed by atoms with Gasteiger partial charge in [0.2, 0.25) is 0 Å². The van der Waals surface area contributed by atoms with Crippen LogP contribution in [0, 0.1) is 0 Å². The molecule has 4 nitrogen and oxygen atoms in total. The van der Waals surface area contributed by atoms with E-state index in [1.807, 2.05) is 0 Å². The topological polar surface area (TPSA) is 72.7 Å². The molecular formula is C10H13NO3. The zero-order chi connectivity index (χ0) is 10.1. The number of rotatable bonds is 1. The van der Waals surface area contributed by atoms with E-state index in [1.54, 1.807) is 6.07 Å². The largest absolute Gasteiger partial charge is 0.504 e. The Balaban J connectivity index is 2.28. The second-order valence-electron chi connectivity index (χ2n) is 3.54. The maximum Gasteiger partial charge on any atom is 0.157 e. The fourth-order valence-electron chi connectivity index (χ4n) is 1.76. The standard InChI is InChI=1S/C10H13NO3/c12-7-2-1-6(5-9(7)14)10-8(13)3-4-11-10/h1-2,5,8,10-14H,3-4H2. The van der Waals surface area contributed by atoms with Gasteiger partial charge in [-0.25, -0.2) is 0 Å². The Morgan fingerprint density at radius 1 is 1.21 bits per heavy atom. The summed E-state index contributed by atoms with van der Waals surface area (Å²) in [4.78, 5) is 0. The normalized spacial score (nSPS) is 26.6. The van der Waals surface area contributed by atoms with Gasteiger partial charge in [-0.3, -0.25) is 0 Å². The molecule has 0 amide bonds. The Hall–Kier alpha value is -1.26. The highest BCUT2D eigenvalue weighted by Gasteiger charge is 2.26. The van der Waals surface area contributed by atoms with E-state index in [0.29, 0.717) is 6.42 Å². The highest BCUT2D eigenvalue weighted by atomic mass is 16.3. The highest BCUT2D eigenvalue weighted by molar-refractivity contribution is 5.42. The zero-order valence-corrected chi connectivity index (χ0v) is 7.64. The highest BCUT2D eigenvalue weighted by Crippen LogP contribution is 2.31. The van der Waals surface area contributed by atoms with Gasteiger partial charge < -0.3 is 20.6 Å². The second-order valence-corrected chi connectivity index (χ2v) is 3.54. The minimum absolute atomic E-state index is 0.138. The molecule has 2 atom stereocenters. The summed E-state index contributed by atoms with van der Waals surface area (Å²) in [7, 11) is 0. The van der Waals surface area contributed by atoms with Crippen molar-refractivity contribution in [3.8, 4) is 11.5 Å². The Bertz CT molecular complexity index is 340. The smallest absolute Gasteiger partial charge is 0.157 e. The Morgan fingerprint density at radius 2 is 2.00 bits per heavy atom. The molecule has 4 N–H and O–H groups in total. The van der Waals surface area contributed by atoms with Gasteiger partial charge in [-0.15, -0.1) is 0 Å². The molecular weight excluding hydrogens is 182 g/mol. The molecule has 1 saturated heterocycles. The molecule has 76 valence electrons. The van der Waals surface area contributed by atoms with Crippen molar-refractivity contribution in [2.45, 2.75) is 18.6 Å². The number of phenolic OH excluding ortho intramolecular Hbond substituents is 2. The third-order valence-corrected chi connectivity index (χ3v) is 2.55. The molecule has 0 aliphatic carbocycles. The lowest BCUT2D eigenvalue weighted by atomic mass is 10.0. The molecule has 2 unspecified atom stereocenters. The molecule has 0 radical (unpaired) electrons. The van der Waals surface area contributed by atoms with E-state index in [0.717, 1.165) is 12.1 Å². The lowest BCUT2D eigenvalue weighted by Gasteiger charge is -2.15. The molecule has 4 heteroatoms. The molecule has 1 heterocycles. The Kier molecular flexibility index (Phi) is 2.31. The molecule has 1 aliphatic heterocycles. The summed E-state index contributed by atoms with van der Waals surface area (Å²) in [5, 5.41) is 31.1. The predicted octanol–water partition coefficient (Wildman–Crippen LogP) is 0.493. The van der Waals surface area contributed by atoms with Gasteiger partial charge in [0.15, 0.2) is 11.5 Å². The van der Waals surface area contributed by atoms with Gasteiger partial charge in [0, 0.05) is 0 Å². The summed E-state index contributed by atoms with van der Waals surface area (Å²) in [5.74, 6) is -0.287. The van der Waals surface area contributed by atoms with Crippen LogP contribution in [0.2, 0.25) is 0 Å². The first-order chi connectivity index (χ1) is 6.68. The maximum absolute atomic E-state index is 9.60. The number of phenols is 2. The average Bonchev–Trinajstić information content (AvgIpc) is 2.57. The van der Waals surface area contributed by atoms with E-state index < -0.39 is 6.10 Å². The molecule has 1 aliphatic rings. The summed E-state index contributed by atoms with van der Waals surface area (Å²) in [6.45, 7) is 0.771. The monoisotopic (exact) mass is 195 g/mol. The van der Waals surface area contributed by atoms with Crippen molar-refractivity contribution in [1.29, 1.82) is 0 Å². The van der Waals surface area contributed by atoms with Crippen LogP contribution in [-0.4, -0.2) is 28.0 Å². The van der Waals surface area contributed by atoms with E-state index in [9.17, 15) is 10.2 Å². The summed E-state index contributed by atoms with van der Waals surface area (Å²) in [5.41, 5.74) is 0.797. The average molecular weight is 195 g/mol. The quantitative estimate of drug-likeness (QED) is 0.492. The molecule has 0 spiro atoms. The molecule has 14 heavy (non-hydrogen) atoms. The van der Waals surface area contributed by atoms with Gasteiger partial charge in [-0.2, -0.15) is 0 Å². The first kappa shape index (κ1) is 9.30. The van der Waals surface area contributed by atoms with Crippen LogP contribution in [0.3, 0.4) is 0 Å². The van der Waals surface area contributed by atoms with Crippen LogP contribution in [0.5, 0.6) is 11.5 Å². The van der Waals surface area contributed by atoms with Gasteiger partial charge in [0.1, 0.15) is 0 Å². The van der Waals surface area contributed by atoms with E-state index >= 15 is 0 Å². The Morgan fingerprint density at radius 3 is 2.57 bits per heavy atom. The van der Waals surface area contributed by atoms with Crippen LogP contribution in [0.1, 0.15) is 18.0 Å². The summed E-state index contributed by atoms with van der Waals surface area (Å²) in [6.07, 6.45) is 0.297. The van der Waals surface area contributed by atoms with Crippen LogP contribution in [0.25, 0.3) is 0 Å². The van der Waals surface area contributed by atoms with E-state index in [1.165, 1.54) is 12.1 Å². The minimum Gasteiger partial charge on any atom is -0.504 e. The van der Waals surface area contributed by atoms with E-state index in [-0.39, 0.29) is 17.5 Å². The molecule has 1 fully saturated rings. The number of hydrogen-bond donors (Lipinski definition) is 4. The number of aliphatic hydroxyl groups excluding tert-OH is 1. The molecule has 2 rings (SSSR count). The molecule has 0 saturated carbocycles. The molecule has 1 aromatic carbocycles. The van der Waals surface area contributed by atoms with Crippen LogP contribution in [-0.2, 0) is 0 Å².